The number of para-hydroxylation sites is 1. The summed E-state index contributed by atoms with van der Waals surface area (Å²) in [6.07, 6.45) is 6.54. The van der Waals surface area contributed by atoms with E-state index in [2.05, 4.69) is 21.5 Å². The second-order valence-corrected chi connectivity index (χ2v) is 8.42. The summed E-state index contributed by atoms with van der Waals surface area (Å²) < 4.78 is 2.93. The first kappa shape index (κ1) is 16.7. The quantitative estimate of drug-likeness (QED) is 0.852. The molecule has 7 heteroatoms. The minimum Gasteiger partial charge on any atom is -0.310 e. The number of nitrogens with one attached hydrogen (secondary N) is 1. The molecule has 1 aromatic carbocycles. The van der Waals surface area contributed by atoms with Crippen molar-refractivity contribution in [3.05, 3.63) is 42.1 Å². The molecule has 5 nitrogen and oxygen atoms in total. The number of carbonyl (C=O) groups excluding carboxylic acids is 1. The molecular weight excluding hydrogens is 352 g/mol. The monoisotopic (exact) mass is 372 g/mol. The molecular formula is C18H20N4OS2. The van der Waals surface area contributed by atoms with Crippen LogP contribution < -0.4 is 5.32 Å². The maximum absolute atomic E-state index is 12.3. The van der Waals surface area contributed by atoms with E-state index in [1.807, 2.05) is 28.9 Å². The third-order valence-electron chi connectivity index (χ3n) is 4.49. The summed E-state index contributed by atoms with van der Waals surface area (Å²) in [7, 11) is 0. The zero-order valence-electron chi connectivity index (χ0n) is 13.9. The minimum atomic E-state index is -0.00749. The van der Waals surface area contributed by atoms with Crippen molar-refractivity contribution in [1.82, 2.24) is 9.78 Å². The van der Waals surface area contributed by atoms with Gasteiger partial charge in [-0.05, 0) is 24.5 Å². The number of benzene rings is 1. The molecule has 1 N–H and O–H groups in total. The lowest BCUT2D eigenvalue weighted by Crippen LogP contribution is -2.19. The number of carbonyl (C=O) groups is 1. The van der Waals surface area contributed by atoms with Crippen molar-refractivity contribution < 1.29 is 4.79 Å². The van der Waals surface area contributed by atoms with Crippen LogP contribution >= 0.6 is 23.5 Å². The minimum absolute atomic E-state index is 0.00749. The lowest BCUT2D eigenvalue weighted by Gasteiger charge is -2.15. The number of hydrogen-bond acceptors (Lipinski definition) is 5. The predicted molar refractivity (Wildman–Crippen MR) is 106 cm³/mol. The molecule has 4 rings (SSSR count). The Morgan fingerprint density at radius 1 is 1.28 bits per heavy atom. The molecule has 1 amide bonds. The number of aromatic nitrogens is 2. The maximum Gasteiger partial charge on any atom is 0.235 e. The molecule has 1 fully saturated rings. The van der Waals surface area contributed by atoms with Gasteiger partial charge in [-0.1, -0.05) is 54.6 Å². The van der Waals surface area contributed by atoms with E-state index in [9.17, 15) is 4.79 Å². The summed E-state index contributed by atoms with van der Waals surface area (Å²) in [6, 6.07) is 10.5. The van der Waals surface area contributed by atoms with Gasteiger partial charge in [0.25, 0.3) is 0 Å². The molecule has 2 aromatic rings. The lowest BCUT2D eigenvalue weighted by molar-refractivity contribution is -0.113. The summed E-state index contributed by atoms with van der Waals surface area (Å²) in [5, 5.41) is 7.40. The molecule has 1 saturated carbocycles. The van der Waals surface area contributed by atoms with Crippen LogP contribution in [0.3, 0.4) is 0 Å². The van der Waals surface area contributed by atoms with Crippen LogP contribution in [0.1, 0.15) is 37.3 Å². The SMILES string of the molecule is O=C(CSC1=Nc2ccccc2CS1)Nc1ccnn1C1CCCC1. The lowest BCUT2D eigenvalue weighted by atomic mass is 10.2. The zero-order chi connectivity index (χ0) is 17.1. The van der Waals surface area contributed by atoms with Gasteiger partial charge in [-0.15, -0.1) is 0 Å². The first-order valence-electron chi connectivity index (χ1n) is 8.55. The van der Waals surface area contributed by atoms with Crippen LogP contribution in [-0.4, -0.2) is 25.8 Å². The Hall–Kier alpha value is -1.73. The number of hydrogen-bond donors (Lipinski definition) is 1. The molecule has 1 aliphatic carbocycles. The molecule has 2 heterocycles. The Morgan fingerprint density at radius 3 is 3.00 bits per heavy atom. The van der Waals surface area contributed by atoms with Gasteiger partial charge in [0.2, 0.25) is 5.91 Å². The van der Waals surface area contributed by atoms with Gasteiger partial charge >= 0.3 is 0 Å². The summed E-state index contributed by atoms with van der Waals surface area (Å²) in [5.41, 5.74) is 2.27. The zero-order valence-corrected chi connectivity index (χ0v) is 15.5. The summed E-state index contributed by atoms with van der Waals surface area (Å²) in [6.45, 7) is 0. The van der Waals surface area contributed by atoms with E-state index in [1.54, 1.807) is 18.0 Å². The third-order valence-corrected chi connectivity index (χ3v) is 6.74. The van der Waals surface area contributed by atoms with Crippen LogP contribution in [0, 0.1) is 0 Å². The van der Waals surface area contributed by atoms with E-state index in [1.165, 1.54) is 30.2 Å². The van der Waals surface area contributed by atoms with E-state index >= 15 is 0 Å². The van der Waals surface area contributed by atoms with E-state index in [0.29, 0.717) is 11.8 Å². The van der Waals surface area contributed by atoms with Crippen molar-refractivity contribution in [3.63, 3.8) is 0 Å². The first-order chi connectivity index (χ1) is 12.3. The molecule has 25 heavy (non-hydrogen) atoms. The van der Waals surface area contributed by atoms with Crippen molar-refractivity contribution in [2.45, 2.75) is 37.5 Å². The van der Waals surface area contributed by atoms with Crippen LogP contribution in [0.2, 0.25) is 0 Å². The van der Waals surface area contributed by atoms with Crippen molar-refractivity contribution in [1.29, 1.82) is 0 Å². The highest BCUT2D eigenvalue weighted by atomic mass is 32.2. The van der Waals surface area contributed by atoms with Crippen molar-refractivity contribution in [2.24, 2.45) is 4.99 Å². The normalized spacial score (nSPS) is 17.2. The molecule has 0 bridgehead atoms. The molecule has 0 unspecified atom stereocenters. The predicted octanol–water partition coefficient (Wildman–Crippen LogP) is 4.60. The molecule has 0 atom stereocenters. The van der Waals surface area contributed by atoms with Gasteiger partial charge in [0.05, 0.1) is 23.7 Å². The molecule has 1 aliphatic heterocycles. The number of thioether (sulfide) groups is 2. The number of anilines is 1. The molecule has 130 valence electrons. The molecule has 2 aliphatic rings. The van der Waals surface area contributed by atoms with Crippen LogP contribution in [0.15, 0.2) is 41.5 Å². The summed E-state index contributed by atoms with van der Waals surface area (Å²) >= 11 is 3.20. The highest BCUT2D eigenvalue weighted by Gasteiger charge is 2.21. The standard InChI is InChI=1S/C18H20N4OS2/c23-17(21-16-9-10-19-22(16)14-6-2-3-7-14)12-25-18-20-15-8-4-1-5-13(15)11-24-18/h1,4-5,8-10,14H,2-3,6-7,11-12H2,(H,21,23). The van der Waals surface area contributed by atoms with Crippen LogP contribution in [-0.2, 0) is 10.5 Å². The van der Waals surface area contributed by atoms with Gasteiger partial charge in [0.1, 0.15) is 10.2 Å². The average Bonchev–Trinajstić information content (AvgIpc) is 3.31. The van der Waals surface area contributed by atoms with Gasteiger partial charge < -0.3 is 5.32 Å². The van der Waals surface area contributed by atoms with Gasteiger partial charge in [0.15, 0.2) is 0 Å². The van der Waals surface area contributed by atoms with E-state index in [0.717, 1.165) is 34.5 Å². The average molecular weight is 373 g/mol. The number of aliphatic imine (C=N–C) groups is 1. The highest BCUT2D eigenvalue weighted by molar-refractivity contribution is 8.38. The third kappa shape index (κ3) is 3.93. The Bertz CT molecular complexity index is 796. The van der Waals surface area contributed by atoms with Crippen molar-refractivity contribution in [2.75, 3.05) is 11.1 Å². The van der Waals surface area contributed by atoms with E-state index in [-0.39, 0.29) is 5.91 Å². The summed E-state index contributed by atoms with van der Waals surface area (Å²) in [4.78, 5) is 17.0. The van der Waals surface area contributed by atoms with Crippen molar-refractivity contribution in [3.8, 4) is 0 Å². The van der Waals surface area contributed by atoms with Crippen LogP contribution in [0.25, 0.3) is 0 Å². The van der Waals surface area contributed by atoms with Crippen LogP contribution in [0.5, 0.6) is 0 Å². The number of rotatable bonds is 4. The fourth-order valence-electron chi connectivity index (χ4n) is 3.25. The van der Waals surface area contributed by atoms with Gasteiger partial charge in [0, 0.05) is 11.8 Å². The van der Waals surface area contributed by atoms with Gasteiger partial charge in [-0.3, -0.25) is 4.79 Å². The van der Waals surface area contributed by atoms with Crippen LogP contribution in [0.4, 0.5) is 11.5 Å². The summed E-state index contributed by atoms with van der Waals surface area (Å²) in [5.74, 6) is 2.08. The number of fused-ring (bicyclic) bond motifs is 1. The molecule has 1 aromatic heterocycles. The fraction of sp³-hybridized carbons (Fsp3) is 0.389. The smallest absolute Gasteiger partial charge is 0.235 e. The topological polar surface area (TPSA) is 59.3 Å². The number of amides is 1. The van der Waals surface area contributed by atoms with E-state index in [4.69, 9.17) is 0 Å². The largest absolute Gasteiger partial charge is 0.310 e. The molecule has 0 saturated heterocycles. The number of nitrogens with zero attached hydrogens (tertiary/aromatic N) is 3. The maximum atomic E-state index is 12.3. The first-order valence-corrected chi connectivity index (χ1v) is 10.5. The fourth-order valence-corrected chi connectivity index (χ4v) is 5.11. The second-order valence-electron chi connectivity index (χ2n) is 6.23. The Balaban J connectivity index is 1.35. The van der Waals surface area contributed by atoms with Gasteiger partial charge in [-0.2, -0.15) is 5.10 Å². The Kier molecular flexibility index (Phi) is 5.12. The van der Waals surface area contributed by atoms with E-state index < -0.39 is 0 Å². The van der Waals surface area contributed by atoms with Gasteiger partial charge in [-0.25, -0.2) is 9.67 Å². The Labute approximate surface area is 155 Å². The molecule has 0 radical (unpaired) electrons. The van der Waals surface area contributed by atoms with Crippen molar-refractivity contribution >= 4 is 45.3 Å². The highest BCUT2D eigenvalue weighted by Crippen LogP contribution is 2.34. The molecule has 0 spiro atoms. The Morgan fingerprint density at radius 2 is 2.12 bits per heavy atom. The second kappa shape index (κ2) is 7.66.